The highest BCUT2D eigenvalue weighted by molar-refractivity contribution is 5.93. The fourth-order valence-corrected chi connectivity index (χ4v) is 3.23. The number of hydrogen-bond acceptors (Lipinski definition) is 6. The Bertz CT molecular complexity index is 1190. The fourth-order valence-electron chi connectivity index (χ4n) is 3.23. The molecule has 0 saturated heterocycles. The number of benzene rings is 1. The van der Waals surface area contributed by atoms with Crippen LogP contribution in [0.25, 0.3) is 11.3 Å². The van der Waals surface area contributed by atoms with E-state index in [4.69, 9.17) is 9.26 Å². The second-order valence-electron chi connectivity index (χ2n) is 6.92. The minimum atomic E-state index is -0.493. The molecule has 154 valence electrons. The van der Waals surface area contributed by atoms with Crippen LogP contribution in [-0.2, 0) is 14.1 Å². The van der Waals surface area contributed by atoms with E-state index >= 15 is 0 Å². The molecule has 0 aliphatic carbocycles. The van der Waals surface area contributed by atoms with Crippen molar-refractivity contribution in [3.05, 3.63) is 71.7 Å². The van der Waals surface area contributed by atoms with Crippen molar-refractivity contribution in [2.75, 3.05) is 7.11 Å². The van der Waals surface area contributed by atoms with Crippen LogP contribution in [0.5, 0.6) is 5.75 Å². The highest BCUT2D eigenvalue weighted by atomic mass is 16.5. The number of rotatable bonds is 6. The Kier molecular flexibility index (Phi) is 5.09. The maximum Gasteiger partial charge on any atom is 0.274 e. The molecule has 0 bridgehead atoms. The highest BCUT2D eigenvalue weighted by Crippen LogP contribution is 2.26. The van der Waals surface area contributed by atoms with Gasteiger partial charge >= 0.3 is 0 Å². The van der Waals surface area contributed by atoms with Gasteiger partial charge < -0.3 is 19.1 Å². The van der Waals surface area contributed by atoms with E-state index in [9.17, 15) is 4.79 Å². The number of aryl methyl sites for hydroxylation is 2. The third kappa shape index (κ3) is 3.57. The first kappa shape index (κ1) is 19.4. The Morgan fingerprint density at radius 3 is 2.77 bits per heavy atom. The van der Waals surface area contributed by atoms with Crippen LogP contribution >= 0.6 is 0 Å². The Balaban J connectivity index is 1.64. The second kappa shape index (κ2) is 7.86. The molecule has 1 aromatic carbocycles. The predicted octanol–water partition coefficient (Wildman–Crippen LogP) is 2.65. The molecular weight excluding hydrogens is 384 g/mol. The van der Waals surface area contributed by atoms with Crippen molar-refractivity contribution in [3.8, 4) is 17.1 Å². The Hall–Kier alpha value is -3.88. The molecule has 1 atom stereocenters. The number of imidazole rings is 1. The number of methoxy groups -OCH3 is 1. The van der Waals surface area contributed by atoms with Gasteiger partial charge in [0.05, 0.1) is 18.9 Å². The van der Waals surface area contributed by atoms with Gasteiger partial charge in [0.15, 0.2) is 11.5 Å². The zero-order valence-electron chi connectivity index (χ0n) is 17.2. The summed E-state index contributed by atoms with van der Waals surface area (Å²) in [7, 11) is 5.32. The molecule has 0 aliphatic rings. The van der Waals surface area contributed by atoms with Gasteiger partial charge in [0.1, 0.15) is 17.6 Å². The van der Waals surface area contributed by atoms with Gasteiger partial charge in [-0.15, -0.1) is 0 Å². The lowest BCUT2D eigenvalue weighted by Crippen LogP contribution is -2.31. The third-order valence-electron chi connectivity index (χ3n) is 5.06. The third-order valence-corrected chi connectivity index (χ3v) is 5.06. The number of aromatic nitrogens is 5. The van der Waals surface area contributed by atoms with E-state index in [1.165, 1.54) is 0 Å². The van der Waals surface area contributed by atoms with Crippen LogP contribution in [0.2, 0.25) is 0 Å². The van der Waals surface area contributed by atoms with Gasteiger partial charge in [-0.25, -0.2) is 4.98 Å². The number of hydrogen-bond donors (Lipinski definition) is 1. The van der Waals surface area contributed by atoms with Crippen molar-refractivity contribution in [2.45, 2.75) is 13.0 Å². The van der Waals surface area contributed by atoms with Gasteiger partial charge in [-0.05, 0) is 24.6 Å². The number of nitrogens with one attached hydrogen (secondary N) is 1. The Labute approximate surface area is 173 Å². The van der Waals surface area contributed by atoms with Crippen molar-refractivity contribution in [3.63, 3.8) is 0 Å². The fraction of sp³-hybridized carbons (Fsp3) is 0.238. The van der Waals surface area contributed by atoms with Crippen molar-refractivity contribution in [1.82, 2.24) is 29.8 Å². The lowest BCUT2D eigenvalue weighted by atomic mass is 10.1. The number of ether oxygens (including phenoxy) is 1. The molecule has 3 heterocycles. The van der Waals surface area contributed by atoms with Gasteiger partial charge in [-0.2, -0.15) is 5.10 Å². The van der Waals surface area contributed by atoms with E-state index in [0.29, 0.717) is 17.3 Å². The van der Waals surface area contributed by atoms with Gasteiger partial charge in [-0.1, -0.05) is 17.3 Å². The Morgan fingerprint density at radius 2 is 2.10 bits per heavy atom. The maximum atomic E-state index is 13.0. The van der Waals surface area contributed by atoms with Crippen LogP contribution in [0.15, 0.2) is 53.4 Å². The monoisotopic (exact) mass is 406 g/mol. The lowest BCUT2D eigenvalue weighted by molar-refractivity contribution is 0.0932. The van der Waals surface area contributed by atoms with Crippen molar-refractivity contribution in [2.24, 2.45) is 14.1 Å². The number of amides is 1. The Morgan fingerprint density at radius 1 is 1.27 bits per heavy atom. The first-order valence-electron chi connectivity index (χ1n) is 9.35. The summed E-state index contributed by atoms with van der Waals surface area (Å²) in [5, 5.41) is 11.2. The zero-order chi connectivity index (χ0) is 21.3. The molecule has 9 nitrogen and oxygen atoms in total. The molecule has 0 saturated carbocycles. The predicted molar refractivity (Wildman–Crippen MR) is 109 cm³/mol. The molecule has 9 heteroatoms. The standard InChI is InChI=1S/C21H22N6O3/c1-13-16(12-23-27(13)3)18-11-17(25-30-18)21(28)24-19(20-22-8-9-26(20)2)14-6-5-7-15(10-14)29-4/h5-12,19H,1-4H3,(H,24,28)/t19-/m1/s1. The normalized spacial score (nSPS) is 12.0. The zero-order valence-corrected chi connectivity index (χ0v) is 17.2. The second-order valence-corrected chi connectivity index (χ2v) is 6.92. The molecule has 1 N–H and O–H groups in total. The molecule has 3 aromatic heterocycles. The summed E-state index contributed by atoms with van der Waals surface area (Å²) in [6.45, 7) is 1.92. The summed E-state index contributed by atoms with van der Waals surface area (Å²) in [6, 6.07) is 8.62. The smallest absolute Gasteiger partial charge is 0.274 e. The number of carbonyl (C=O) groups excluding carboxylic acids is 1. The van der Waals surface area contributed by atoms with Gasteiger partial charge in [0, 0.05) is 38.2 Å². The van der Waals surface area contributed by atoms with E-state index in [-0.39, 0.29) is 11.6 Å². The average molecular weight is 406 g/mol. The maximum absolute atomic E-state index is 13.0. The van der Waals surface area contributed by atoms with Gasteiger partial charge in [-0.3, -0.25) is 9.48 Å². The molecule has 0 fully saturated rings. The SMILES string of the molecule is COc1cccc([C@@H](NC(=O)c2cc(-c3cnn(C)c3C)on2)c2nccn2C)c1. The van der Waals surface area contributed by atoms with Crippen LogP contribution < -0.4 is 10.1 Å². The molecule has 4 aromatic rings. The highest BCUT2D eigenvalue weighted by Gasteiger charge is 2.24. The lowest BCUT2D eigenvalue weighted by Gasteiger charge is -2.19. The summed E-state index contributed by atoms with van der Waals surface area (Å²) in [4.78, 5) is 17.4. The molecule has 0 unspecified atom stereocenters. The minimum absolute atomic E-state index is 0.176. The summed E-state index contributed by atoms with van der Waals surface area (Å²) in [5.41, 5.74) is 2.72. The quantitative estimate of drug-likeness (QED) is 0.528. The van der Waals surface area contributed by atoms with Crippen LogP contribution in [-0.4, -0.2) is 37.5 Å². The molecular formula is C21H22N6O3. The van der Waals surface area contributed by atoms with E-state index in [1.807, 2.05) is 56.0 Å². The van der Waals surface area contributed by atoms with Crippen LogP contribution in [0.1, 0.15) is 33.6 Å². The number of carbonyl (C=O) groups is 1. The molecule has 4 rings (SSSR count). The van der Waals surface area contributed by atoms with Crippen LogP contribution in [0, 0.1) is 6.92 Å². The van der Waals surface area contributed by atoms with Crippen molar-refractivity contribution < 1.29 is 14.1 Å². The van der Waals surface area contributed by atoms with Crippen LogP contribution in [0.3, 0.4) is 0 Å². The van der Waals surface area contributed by atoms with E-state index in [2.05, 4.69) is 20.6 Å². The van der Waals surface area contributed by atoms with E-state index in [0.717, 1.165) is 16.8 Å². The van der Waals surface area contributed by atoms with E-state index in [1.54, 1.807) is 30.3 Å². The molecule has 0 radical (unpaired) electrons. The molecule has 0 spiro atoms. The summed E-state index contributed by atoms with van der Waals surface area (Å²) in [5.74, 6) is 1.49. The van der Waals surface area contributed by atoms with E-state index < -0.39 is 6.04 Å². The average Bonchev–Trinajstić information content (AvgIpc) is 3.48. The molecule has 0 aliphatic heterocycles. The van der Waals surface area contributed by atoms with Crippen LogP contribution in [0.4, 0.5) is 0 Å². The first-order chi connectivity index (χ1) is 14.5. The van der Waals surface area contributed by atoms with Crippen molar-refractivity contribution in [1.29, 1.82) is 0 Å². The molecule has 30 heavy (non-hydrogen) atoms. The summed E-state index contributed by atoms with van der Waals surface area (Å²) in [6.07, 6.45) is 5.20. The topological polar surface area (TPSA) is 100 Å². The summed E-state index contributed by atoms with van der Waals surface area (Å²) < 4.78 is 14.3. The first-order valence-corrected chi connectivity index (χ1v) is 9.35. The van der Waals surface area contributed by atoms with Gasteiger partial charge in [0.2, 0.25) is 0 Å². The molecule has 1 amide bonds. The van der Waals surface area contributed by atoms with Gasteiger partial charge in [0.25, 0.3) is 5.91 Å². The number of nitrogens with zero attached hydrogens (tertiary/aromatic N) is 5. The minimum Gasteiger partial charge on any atom is -0.497 e. The van der Waals surface area contributed by atoms with Crippen molar-refractivity contribution >= 4 is 5.91 Å². The summed E-state index contributed by atoms with van der Waals surface area (Å²) >= 11 is 0. The largest absolute Gasteiger partial charge is 0.497 e.